The summed E-state index contributed by atoms with van der Waals surface area (Å²) in [7, 11) is 0. The van der Waals surface area contributed by atoms with Crippen LogP contribution in [0.2, 0.25) is 0 Å². The standard InChI is InChI=1S/C15H9N3OS/c19-14-16-13(10-6-2-1-3-7-10)18-11-8-4-5-9-12(11)20-15(18)17-14/h1-9H. The topological polar surface area (TPSA) is 47.3 Å². The summed E-state index contributed by atoms with van der Waals surface area (Å²) in [5.41, 5.74) is 1.48. The third-order valence-electron chi connectivity index (χ3n) is 3.14. The molecular formula is C15H9N3OS. The minimum atomic E-state index is -0.449. The predicted molar refractivity (Wildman–Crippen MR) is 80.1 cm³/mol. The van der Waals surface area contributed by atoms with E-state index in [1.54, 1.807) is 0 Å². The second-order valence-electron chi connectivity index (χ2n) is 4.38. The Bertz CT molecular complexity index is 973. The van der Waals surface area contributed by atoms with Gasteiger partial charge in [0.25, 0.3) is 0 Å². The number of aromatic nitrogens is 3. The number of fused-ring (bicyclic) bond motifs is 3. The first-order chi connectivity index (χ1) is 9.83. The number of rotatable bonds is 1. The lowest BCUT2D eigenvalue weighted by Crippen LogP contribution is -2.14. The molecule has 4 nitrogen and oxygen atoms in total. The molecule has 0 fully saturated rings. The van der Waals surface area contributed by atoms with Gasteiger partial charge in [0.15, 0.2) is 5.82 Å². The van der Waals surface area contributed by atoms with Crippen molar-refractivity contribution in [1.82, 2.24) is 14.4 Å². The Morgan fingerprint density at radius 3 is 2.50 bits per heavy atom. The zero-order valence-corrected chi connectivity index (χ0v) is 11.2. The second kappa shape index (κ2) is 4.25. The lowest BCUT2D eigenvalue weighted by molar-refractivity contribution is 1.01. The number of benzene rings is 2. The highest BCUT2D eigenvalue weighted by Crippen LogP contribution is 2.28. The molecule has 20 heavy (non-hydrogen) atoms. The third kappa shape index (κ3) is 1.64. The van der Waals surface area contributed by atoms with Crippen LogP contribution < -0.4 is 5.69 Å². The van der Waals surface area contributed by atoms with E-state index in [1.165, 1.54) is 11.3 Å². The summed E-state index contributed by atoms with van der Waals surface area (Å²) in [4.78, 5) is 20.5. The molecule has 4 aromatic rings. The summed E-state index contributed by atoms with van der Waals surface area (Å²) in [6, 6.07) is 17.7. The molecule has 0 aliphatic heterocycles. The van der Waals surface area contributed by atoms with Crippen molar-refractivity contribution in [3.63, 3.8) is 0 Å². The number of para-hydroxylation sites is 1. The van der Waals surface area contributed by atoms with Crippen LogP contribution in [0.25, 0.3) is 26.6 Å². The van der Waals surface area contributed by atoms with Gasteiger partial charge in [0.1, 0.15) is 0 Å². The molecule has 0 aliphatic rings. The van der Waals surface area contributed by atoms with Crippen molar-refractivity contribution in [2.45, 2.75) is 0 Å². The van der Waals surface area contributed by atoms with Crippen LogP contribution in [0.15, 0.2) is 59.4 Å². The minimum Gasteiger partial charge on any atom is -0.268 e. The van der Waals surface area contributed by atoms with Gasteiger partial charge in [-0.3, -0.25) is 4.40 Å². The molecule has 0 aliphatic carbocycles. The van der Waals surface area contributed by atoms with E-state index in [1.807, 2.05) is 59.0 Å². The zero-order valence-electron chi connectivity index (χ0n) is 10.4. The SMILES string of the molecule is O=c1nc(-c2ccccc2)n2c(n1)sc1ccccc12. The number of hydrogen-bond acceptors (Lipinski definition) is 4. The largest absolute Gasteiger partial charge is 0.371 e. The van der Waals surface area contributed by atoms with E-state index in [0.717, 1.165) is 15.8 Å². The van der Waals surface area contributed by atoms with Crippen LogP contribution in [-0.4, -0.2) is 14.4 Å². The smallest absolute Gasteiger partial charge is 0.268 e. The molecule has 2 heterocycles. The molecule has 0 amide bonds. The predicted octanol–water partition coefficient (Wildman–Crippen LogP) is 2.97. The lowest BCUT2D eigenvalue weighted by Gasteiger charge is -2.04. The molecule has 0 N–H and O–H groups in total. The Morgan fingerprint density at radius 2 is 1.65 bits per heavy atom. The normalized spacial score (nSPS) is 11.2. The molecule has 0 radical (unpaired) electrons. The first-order valence-electron chi connectivity index (χ1n) is 6.17. The van der Waals surface area contributed by atoms with Gasteiger partial charge in [-0.2, -0.15) is 9.97 Å². The first-order valence-corrected chi connectivity index (χ1v) is 6.98. The molecule has 0 saturated carbocycles. The van der Waals surface area contributed by atoms with Crippen molar-refractivity contribution in [1.29, 1.82) is 0 Å². The zero-order chi connectivity index (χ0) is 13.5. The lowest BCUT2D eigenvalue weighted by atomic mass is 10.2. The van der Waals surface area contributed by atoms with Gasteiger partial charge in [0.05, 0.1) is 10.2 Å². The van der Waals surface area contributed by atoms with Gasteiger partial charge < -0.3 is 0 Å². The van der Waals surface area contributed by atoms with E-state index in [0.29, 0.717) is 10.8 Å². The van der Waals surface area contributed by atoms with Gasteiger partial charge in [-0.15, -0.1) is 0 Å². The highest BCUT2D eigenvalue weighted by molar-refractivity contribution is 7.23. The fraction of sp³-hybridized carbons (Fsp3) is 0. The molecule has 2 aromatic carbocycles. The molecule has 0 saturated heterocycles. The molecule has 0 atom stereocenters. The van der Waals surface area contributed by atoms with E-state index < -0.39 is 5.69 Å². The fourth-order valence-electron chi connectivity index (χ4n) is 2.28. The Morgan fingerprint density at radius 1 is 0.900 bits per heavy atom. The van der Waals surface area contributed by atoms with Crippen molar-refractivity contribution in [2.75, 3.05) is 0 Å². The first kappa shape index (κ1) is 11.3. The average Bonchev–Trinajstić information content (AvgIpc) is 2.85. The average molecular weight is 279 g/mol. The van der Waals surface area contributed by atoms with E-state index in [2.05, 4.69) is 9.97 Å². The van der Waals surface area contributed by atoms with Gasteiger partial charge in [0, 0.05) is 5.56 Å². The maximum absolute atomic E-state index is 11.7. The number of hydrogen-bond donors (Lipinski definition) is 0. The second-order valence-corrected chi connectivity index (χ2v) is 5.39. The summed E-state index contributed by atoms with van der Waals surface area (Å²) in [5.74, 6) is 0.637. The van der Waals surface area contributed by atoms with Crippen molar-refractivity contribution in [3.8, 4) is 11.4 Å². The summed E-state index contributed by atoms with van der Waals surface area (Å²) in [5, 5.41) is 0. The van der Waals surface area contributed by atoms with Crippen LogP contribution in [0.3, 0.4) is 0 Å². The quantitative estimate of drug-likeness (QED) is 0.538. The van der Waals surface area contributed by atoms with Gasteiger partial charge in [0.2, 0.25) is 4.96 Å². The van der Waals surface area contributed by atoms with Gasteiger partial charge >= 0.3 is 5.69 Å². The third-order valence-corrected chi connectivity index (χ3v) is 4.16. The summed E-state index contributed by atoms with van der Waals surface area (Å²) >= 11 is 1.50. The van der Waals surface area contributed by atoms with Crippen LogP contribution in [-0.2, 0) is 0 Å². The molecule has 0 unspecified atom stereocenters. The van der Waals surface area contributed by atoms with Gasteiger partial charge in [-0.1, -0.05) is 53.8 Å². The molecule has 0 spiro atoms. The molecule has 2 aromatic heterocycles. The molecule has 0 bridgehead atoms. The minimum absolute atomic E-state index is 0.449. The maximum atomic E-state index is 11.7. The molecule has 4 rings (SSSR count). The highest BCUT2D eigenvalue weighted by Gasteiger charge is 2.12. The number of nitrogens with zero attached hydrogens (tertiary/aromatic N) is 3. The highest BCUT2D eigenvalue weighted by atomic mass is 32.1. The monoisotopic (exact) mass is 279 g/mol. The van der Waals surface area contributed by atoms with E-state index >= 15 is 0 Å². The van der Waals surface area contributed by atoms with Crippen molar-refractivity contribution < 1.29 is 0 Å². The van der Waals surface area contributed by atoms with Crippen molar-refractivity contribution in [3.05, 3.63) is 65.1 Å². The Kier molecular flexibility index (Phi) is 2.40. The van der Waals surface area contributed by atoms with Crippen molar-refractivity contribution >= 4 is 26.5 Å². The fourth-order valence-corrected chi connectivity index (χ4v) is 3.29. The van der Waals surface area contributed by atoms with E-state index in [4.69, 9.17) is 0 Å². The van der Waals surface area contributed by atoms with Crippen LogP contribution in [0.4, 0.5) is 0 Å². The summed E-state index contributed by atoms with van der Waals surface area (Å²) < 4.78 is 3.03. The van der Waals surface area contributed by atoms with E-state index in [9.17, 15) is 4.79 Å². The van der Waals surface area contributed by atoms with Crippen LogP contribution >= 0.6 is 11.3 Å². The Hall–Kier alpha value is -2.53. The Balaban J connectivity index is 2.22. The maximum Gasteiger partial charge on any atom is 0.371 e. The summed E-state index contributed by atoms with van der Waals surface area (Å²) in [6.07, 6.45) is 0. The van der Waals surface area contributed by atoms with Crippen molar-refractivity contribution in [2.24, 2.45) is 0 Å². The molecule has 5 heteroatoms. The van der Waals surface area contributed by atoms with Crippen LogP contribution in [0, 0.1) is 0 Å². The Labute approximate surface area is 118 Å². The van der Waals surface area contributed by atoms with Crippen LogP contribution in [0.5, 0.6) is 0 Å². The van der Waals surface area contributed by atoms with Gasteiger partial charge in [-0.05, 0) is 12.1 Å². The van der Waals surface area contributed by atoms with Gasteiger partial charge in [-0.25, -0.2) is 4.79 Å². The summed E-state index contributed by atoms with van der Waals surface area (Å²) in [6.45, 7) is 0. The van der Waals surface area contributed by atoms with Crippen LogP contribution in [0.1, 0.15) is 0 Å². The molecular weight excluding hydrogens is 270 g/mol. The number of thiazole rings is 1. The van der Waals surface area contributed by atoms with E-state index in [-0.39, 0.29) is 0 Å². The molecule has 96 valence electrons.